The van der Waals surface area contributed by atoms with Gasteiger partial charge >= 0.3 is 0 Å². The van der Waals surface area contributed by atoms with Gasteiger partial charge in [-0.05, 0) is 35.8 Å². The molecule has 0 saturated carbocycles. The van der Waals surface area contributed by atoms with Gasteiger partial charge in [-0.3, -0.25) is 4.98 Å². The topological polar surface area (TPSA) is 42.4 Å². The van der Waals surface area contributed by atoms with Crippen LogP contribution >= 0.6 is 0 Å². The zero-order valence-electron chi connectivity index (χ0n) is 11.4. The van der Waals surface area contributed by atoms with Crippen molar-refractivity contribution in [2.75, 3.05) is 0 Å². The fraction of sp³-hybridized carbons (Fsp3) is 0.615. The van der Waals surface area contributed by atoms with Crippen LogP contribution in [-0.2, 0) is 17.6 Å². The molecular weight excluding hydrogens is 230 g/mol. The van der Waals surface area contributed by atoms with E-state index in [2.05, 4.69) is 38.8 Å². The fourth-order valence-corrected chi connectivity index (χ4v) is 2.12. The number of aliphatic hydroxyl groups is 1. The molecule has 0 saturated heterocycles. The molecule has 17 heavy (non-hydrogen) atoms. The van der Waals surface area contributed by atoms with E-state index >= 15 is 0 Å². The summed E-state index contributed by atoms with van der Waals surface area (Å²) in [5.41, 5.74) is 1.77. The Labute approximate surface area is 105 Å². The van der Waals surface area contributed by atoms with Crippen LogP contribution in [0.25, 0.3) is 0 Å². The Hall–Kier alpha value is -0.713. The Morgan fingerprint density at radius 3 is 2.53 bits per heavy atom. The van der Waals surface area contributed by atoms with Crippen molar-refractivity contribution in [3.63, 3.8) is 0 Å². The molecule has 0 radical (unpaired) electrons. The van der Waals surface area contributed by atoms with Crippen LogP contribution < -0.4 is 0 Å². The van der Waals surface area contributed by atoms with E-state index in [1.807, 2.05) is 12.1 Å². The van der Waals surface area contributed by atoms with Gasteiger partial charge in [-0.25, -0.2) is 0 Å². The summed E-state index contributed by atoms with van der Waals surface area (Å²) in [6.45, 7) is 11.7. The van der Waals surface area contributed by atoms with E-state index in [1.165, 1.54) is 0 Å². The third kappa shape index (κ3) is 3.91. The normalized spacial score (nSPS) is 12.8. The second-order valence-corrected chi connectivity index (χ2v) is 10.7. The van der Waals surface area contributed by atoms with Crippen LogP contribution in [0.5, 0.6) is 0 Å². The second-order valence-electron chi connectivity index (χ2n) is 5.86. The summed E-state index contributed by atoms with van der Waals surface area (Å²) in [6, 6.07) is 3.71. The van der Waals surface area contributed by atoms with E-state index in [9.17, 15) is 0 Å². The Morgan fingerprint density at radius 2 is 2.00 bits per heavy atom. The summed E-state index contributed by atoms with van der Waals surface area (Å²) in [5, 5.41) is 9.27. The van der Waals surface area contributed by atoms with E-state index < -0.39 is 8.32 Å². The molecule has 0 fully saturated rings. The first-order chi connectivity index (χ1) is 7.76. The number of nitrogens with zero attached hydrogens (tertiary/aromatic N) is 1. The minimum Gasteiger partial charge on any atom is -0.411 e. The van der Waals surface area contributed by atoms with Gasteiger partial charge in [-0.1, -0.05) is 20.8 Å². The third-order valence-corrected chi connectivity index (χ3v) is 7.93. The zero-order valence-corrected chi connectivity index (χ0v) is 12.4. The van der Waals surface area contributed by atoms with Gasteiger partial charge in [0.05, 0.1) is 18.9 Å². The highest BCUT2D eigenvalue weighted by Gasteiger charge is 2.37. The van der Waals surface area contributed by atoms with Crippen LogP contribution in [0.2, 0.25) is 18.1 Å². The van der Waals surface area contributed by atoms with Crippen molar-refractivity contribution >= 4 is 8.32 Å². The standard InChI is InChI=1S/C13H23NO2Si/c1-13(2,3)17(4,5)16-10-12-8-11(9-15)6-7-14-12/h6-8,15H,9-10H2,1-5H3. The predicted octanol–water partition coefficient (Wildman–Crippen LogP) is 3.10. The maximum atomic E-state index is 9.06. The molecule has 0 atom stereocenters. The van der Waals surface area contributed by atoms with Gasteiger partial charge in [0.2, 0.25) is 0 Å². The molecule has 1 aromatic rings. The van der Waals surface area contributed by atoms with Crippen molar-refractivity contribution in [2.24, 2.45) is 0 Å². The first-order valence-electron chi connectivity index (χ1n) is 5.95. The highest BCUT2D eigenvalue weighted by atomic mass is 28.4. The molecule has 1 aromatic heterocycles. The van der Waals surface area contributed by atoms with Gasteiger partial charge in [-0.2, -0.15) is 0 Å². The molecule has 0 aromatic carbocycles. The number of aromatic nitrogens is 1. The van der Waals surface area contributed by atoms with Crippen LogP contribution in [0.1, 0.15) is 32.0 Å². The van der Waals surface area contributed by atoms with Crippen LogP contribution in [0.15, 0.2) is 18.3 Å². The minimum absolute atomic E-state index is 0.0512. The Balaban J connectivity index is 2.67. The molecule has 3 nitrogen and oxygen atoms in total. The monoisotopic (exact) mass is 253 g/mol. The molecule has 0 unspecified atom stereocenters. The first-order valence-corrected chi connectivity index (χ1v) is 8.86. The lowest BCUT2D eigenvalue weighted by Crippen LogP contribution is -2.40. The molecule has 1 rings (SSSR count). The summed E-state index contributed by atoms with van der Waals surface area (Å²) in [5.74, 6) is 0. The Morgan fingerprint density at radius 1 is 1.35 bits per heavy atom. The van der Waals surface area contributed by atoms with Crippen molar-refractivity contribution in [1.29, 1.82) is 0 Å². The van der Waals surface area contributed by atoms with Gasteiger partial charge in [0, 0.05) is 6.20 Å². The average Bonchev–Trinajstić information content (AvgIpc) is 2.25. The predicted molar refractivity (Wildman–Crippen MR) is 72.1 cm³/mol. The van der Waals surface area contributed by atoms with E-state index in [-0.39, 0.29) is 11.6 Å². The van der Waals surface area contributed by atoms with Gasteiger partial charge in [0.15, 0.2) is 8.32 Å². The van der Waals surface area contributed by atoms with Crippen molar-refractivity contribution < 1.29 is 9.53 Å². The summed E-state index contributed by atoms with van der Waals surface area (Å²) in [4.78, 5) is 4.26. The molecule has 0 aliphatic carbocycles. The molecule has 96 valence electrons. The van der Waals surface area contributed by atoms with E-state index in [0.29, 0.717) is 6.61 Å². The second kappa shape index (κ2) is 5.29. The third-order valence-electron chi connectivity index (χ3n) is 3.45. The average molecular weight is 253 g/mol. The molecule has 0 aliphatic rings. The maximum absolute atomic E-state index is 9.06. The number of pyridine rings is 1. The molecule has 0 spiro atoms. The highest BCUT2D eigenvalue weighted by molar-refractivity contribution is 6.74. The first kappa shape index (κ1) is 14.3. The molecular formula is C13H23NO2Si. The van der Waals surface area contributed by atoms with E-state index in [4.69, 9.17) is 9.53 Å². The lowest BCUT2D eigenvalue weighted by atomic mass is 10.2. The zero-order chi connectivity index (χ0) is 13.1. The van der Waals surface area contributed by atoms with Crippen molar-refractivity contribution in [3.05, 3.63) is 29.6 Å². The quantitative estimate of drug-likeness (QED) is 0.838. The number of hydrogen-bond acceptors (Lipinski definition) is 3. The smallest absolute Gasteiger partial charge is 0.192 e. The van der Waals surface area contributed by atoms with E-state index in [1.54, 1.807) is 6.20 Å². The van der Waals surface area contributed by atoms with E-state index in [0.717, 1.165) is 11.3 Å². The van der Waals surface area contributed by atoms with Gasteiger partial charge in [-0.15, -0.1) is 0 Å². The lowest BCUT2D eigenvalue weighted by molar-refractivity contribution is 0.268. The van der Waals surface area contributed by atoms with Crippen LogP contribution in [-0.4, -0.2) is 18.4 Å². The maximum Gasteiger partial charge on any atom is 0.192 e. The number of rotatable bonds is 4. The largest absolute Gasteiger partial charge is 0.411 e. The summed E-state index contributed by atoms with van der Waals surface area (Å²) >= 11 is 0. The molecule has 4 heteroatoms. The molecule has 1 N–H and O–H groups in total. The van der Waals surface area contributed by atoms with Crippen molar-refractivity contribution in [2.45, 2.75) is 52.1 Å². The number of aliphatic hydroxyl groups excluding tert-OH is 1. The minimum atomic E-state index is -1.72. The SMILES string of the molecule is CC(C)(C)[Si](C)(C)OCc1cc(CO)ccn1. The lowest BCUT2D eigenvalue weighted by Gasteiger charge is -2.36. The Bertz CT molecular complexity index is 372. The highest BCUT2D eigenvalue weighted by Crippen LogP contribution is 2.36. The number of hydrogen-bond donors (Lipinski definition) is 1. The summed E-state index contributed by atoms with van der Waals surface area (Å²) < 4.78 is 6.07. The van der Waals surface area contributed by atoms with Crippen molar-refractivity contribution in [3.8, 4) is 0 Å². The molecule has 0 bridgehead atoms. The van der Waals surface area contributed by atoms with Gasteiger partial charge < -0.3 is 9.53 Å². The van der Waals surface area contributed by atoms with Crippen LogP contribution in [0.3, 0.4) is 0 Å². The molecule has 0 amide bonds. The van der Waals surface area contributed by atoms with Crippen molar-refractivity contribution in [1.82, 2.24) is 4.98 Å². The van der Waals surface area contributed by atoms with Crippen LogP contribution in [0, 0.1) is 0 Å². The van der Waals surface area contributed by atoms with Gasteiger partial charge in [0.1, 0.15) is 0 Å². The summed E-state index contributed by atoms with van der Waals surface area (Å²) in [7, 11) is -1.72. The van der Waals surface area contributed by atoms with Gasteiger partial charge in [0.25, 0.3) is 0 Å². The Kier molecular flexibility index (Phi) is 4.46. The summed E-state index contributed by atoms with van der Waals surface area (Å²) in [6.07, 6.45) is 1.72. The molecule has 1 heterocycles. The molecule has 0 aliphatic heterocycles. The van der Waals surface area contributed by atoms with Crippen LogP contribution in [0.4, 0.5) is 0 Å². The fourth-order valence-electron chi connectivity index (χ4n) is 1.18.